The third-order valence-corrected chi connectivity index (χ3v) is 4.23. The van der Waals surface area contributed by atoms with Gasteiger partial charge in [0.15, 0.2) is 12.2 Å². The van der Waals surface area contributed by atoms with Gasteiger partial charge >= 0.3 is 5.97 Å². The Hall–Kier alpha value is -4.20. The number of amides is 1. The zero-order valence-electron chi connectivity index (χ0n) is 15.5. The van der Waals surface area contributed by atoms with Crippen LogP contribution in [0.4, 0.5) is 10.1 Å². The van der Waals surface area contributed by atoms with Crippen LogP contribution < -0.4 is 10.1 Å². The average Bonchev–Trinajstić information content (AvgIpc) is 3.16. The van der Waals surface area contributed by atoms with Gasteiger partial charge in [-0.2, -0.15) is 0 Å². The zero-order chi connectivity index (χ0) is 21.1. The van der Waals surface area contributed by atoms with E-state index in [9.17, 15) is 14.0 Å². The van der Waals surface area contributed by atoms with Crippen LogP contribution in [0.25, 0.3) is 22.6 Å². The lowest BCUT2D eigenvalue weighted by atomic mass is 10.1. The summed E-state index contributed by atoms with van der Waals surface area (Å²) in [7, 11) is 0. The molecular weight excluding hydrogens is 391 g/mol. The van der Waals surface area contributed by atoms with Crippen molar-refractivity contribution in [1.29, 1.82) is 0 Å². The normalized spacial score (nSPS) is 10.7. The van der Waals surface area contributed by atoms with Crippen LogP contribution in [0.5, 0.6) is 5.75 Å². The van der Waals surface area contributed by atoms with E-state index in [2.05, 4.69) is 10.3 Å². The quantitative estimate of drug-likeness (QED) is 0.494. The third kappa shape index (κ3) is 3.97. The van der Waals surface area contributed by atoms with Crippen molar-refractivity contribution in [3.63, 3.8) is 0 Å². The van der Waals surface area contributed by atoms with E-state index in [1.807, 2.05) is 6.07 Å². The summed E-state index contributed by atoms with van der Waals surface area (Å²) in [4.78, 5) is 27.7. The zero-order valence-corrected chi connectivity index (χ0v) is 15.5. The van der Waals surface area contributed by atoms with Crippen molar-refractivity contribution in [3.8, 4) is 17.2 Å². The minimum Gasteiger partial charge on any atom is -0.481 e. The Morgan fingerprint density at radius 2 is 1.83 bits per heavy atom. The standard InChI is InChI=1S/C22H15FN2O5/c23-16-6-2-1-5-14(16)21(28)24-13-9-10-15(19(11-13)29-12-20(26)27)22-25-17-7-3-4-8-18(17)30-22/h1-11H,12H2,(H,24,28)(H,26,27). The summed E-state index contributed by atoms with van der Waals surface area (Å²) in [6.07, 6.45) is 0. The van der Waals surface area contributed by atoms with Gasteiger partial charge in [0.2, 0.25) is 5.89 Å². The van der Waals surface area contributed by atoms with Crippen molar-refractivity contribution < 1.29 is 28.2 Å². The molecule has 150 valence electrons. The van der Waals surface area contributed by atoms with Crippen LogP contribution in [-0.4, -0.2) is 28.6 Å². The number of benzene rings is 3. The van der Waals surface area contributed by atoms with Gasteiger partial charge in [0.1, 0.15) is 17.1 Å². The highest BCUT2D eigenvalue weighted by atomic mass is 19.1. The first kappa shape index (κ1) is 19.1. The number of aromatic nitrogens is 1. The van der Waals surface area contributed by atoms with Crippen molar-refractivity contribution >= 4 is 28.7 Å². The summed E-state index contributed by atoms with van der Waals surface area (Å²) in [5, 5.41) is 11.5. The molecule has 4 rings (SSSR count). The maximum atomic E-state index is 13.8. The lowest BCUT2D eigenvalue weighted by Crippen LogP contribution is -2.14. The molecule has 0 fully saturated rings. The minimum atomic E-state index is -1.17. The number of carboxylic acid groups (broad SMARTS) is 1. The van der Waals surface area contributed by atoms with Crippen LogP contribution in [0.2, 0.25) is 0 Å². The molecule has 0 aliphatic heterocycles. The van der Waals surface area contributed by atoms with E-state index in [4.69, 9.17) is 14.3 Å². The summed E-state index contributed by atoms with van der Waals surface area (Å²) in [6.45, 7) is -0.599. The third-order valence-electron chi connectivity index (χ3n) is 4.23. The number of carboxylic acids is 1. The largest absolute Gasteiger partial charge is 0.481 e. The van der Waals surface area contributed by atoms with Crippen LogP contribution in [0.1, 0.15) is 10.4 Å². The molecular formula is C22H15FN2O5. The summed E-state index contributed by atoms with van der Waals surface area (Å²) in [5.41, 5.74) is 1.79. The van der Waals surface area contributed by atoms with Gasteiger partial charge in [-0.1, -0.05) is 24.3 Å². The van der Waals surface area contributed by atoms with Gasteiger partial charge in [-0.15, -0.1) is 0 Å². The molecule has 0 atom stereocenters. The summed E-state index contributed by atoms with van der Waals surface area (Å²) >= 11 is 0. The lowest BCUT2D eigenvalue weighted by Gasteiger charge is -2.11. The number of fused-ring (bicyclic) bond motifs is 1. The van der Waals surface area contributed by atoms with Gasteiger partial charge in [0, 0.05) is 11.8 Å². The van der Waals surface area contributed by atoms with E-state index in [1.165, 1.54) is 24.3 Å². The van der Waals surface area contributed by atoms with Crippen LogP contribution in [0.3, 0.4) is 0 Å². The second-order valence-electron chi connectivity index (χ2n) is 6.31. The molecule has 4 aromatic rings. The monoisotopic (exact) mass is 406 g/mol. The van der Waals surface area contributed by atoms with Crippen molar-refractivity contribution in [2.24, 2.45) is 0 Å². The first-order valence-corrected chi connectivity index (χ1v) is 8.92. The van der Waals surface area contributed by atoms with Crippen LogP contribution in [-0.2, 0) is 4.79 Å². The molecule has 30 heavy (non-hydrogen) atoms. The molecule has 1 amide bonds. The predicted octanol–water partition coefficient (Wildman–Crippen LogP) is 4.35. The second kappa shape index (κ2) is 8.04. The van der Waals surface area contributed by atoms with Crippen molar-refractivity contribution in [2.75, 3.05) is 11.9 Å². The number of ether oxygens (including phenoxy) is 1. The van der Waals surface area contributed by atoms with Crippen LogP contribution in [0, 0.1) is 5.82 Å². The Labute approximate surface area is 169 Å². The van der Waals surface area contributed by atoms with Crippen molar-refractivity contribution in [3.05, 3.63) is 78.1 Å². The maximum absolute atomic E-state index is 13.8. The first-order valence-electron chi connectivity index (χ1n) is 8.92. The van der Waals surface area contributed by atoms with E-state index < -0.39 is 24.3 Å². The lowest BCUT2D eigenvalue weighted by molar-refractivity contribution is -0.139. The van der Waals surface area contributed by atoms with E-state index in [0.717, 1.165) is 0 Å². The van der Waals surface area contributed by atoms with E-state index >= 15 is 0 Å². The number of hydrogen-bond donors (Lipinski definition) is 2. The summed E-state index contributed by atoms with van der Waals surface area (Å²) < 4.78 is 25.0. The average molecular weight is 406 g/mol. The van der Waals surface area contributed by atoms with Gasteiger partial charge in [0.05, 0.1) is 11.1 Å². The highest BCUT2D eigenvalue weighted by Gasteiger charge is 2.17. The van der Waals surface area contributed by atoms with E-state index in [0.29, 0.717) is 22.4 Å². The first-order chi connectivity index (χ1) is 14.5. The molecule has 0 bridgehead atoms. The van der Waals surface area contributed by atoms with E-state index in [1.54, 1.807) is 36.4 Å². The molecule has 1 aromatic heterocycles. The second-order valence-corrected chi connectivity index (χ2v) is 6.31. The molecule has 0 unspecified atom stereocenters. The molecule has 0 radical (unpaired) electrons. The highest BCUT2D eigenvalue weighted by Crippen LogP contribution is 2.34. The Kier molecular flexibility index (Phi) is 5.13. The minimum absolute atomic E-state index is 0.117. The van der Waals surface area contributed by atoms with Crippen LogP contribution in [0.15, 0.2) is 71.1 Å². The Balaban J connectivity index is 1.68. The van der Waals surface area contributed by atoms with Crippen molar-refractivity contribution in [1.82, 2.24) is 4.98 Å². The number of rotatable bonds is 6. The summed E-state index contributed by atoms with van der Waals surface area (Å²) in [6, 6.07) is 17.3. The van der Waals surface area contributed by atoms with Crippen LogP contribution >= 0.6 is 0 Å². The SMILES string of the molecule is O=C(O)COc1cc(NC(=O)c2ccccc2F)ccc1-c1nc2ccccc2o1. The number of oxazole rings is 1. The fourth-order valence-electron chi connectivity index (χ4n) is 2.87. The molecule has 3 aromatic carbocycles. The number of hydrogen-bond acceptors (Lipinski definition) is 5. The molecule has 0 spiro atoms. The molecule has 2 N–H and O–H groups in total. The molecule has 0 saturated heterocycles. The molecule has 8 heteroatoms. The van der Waals surface area contributed by atoms with Gasteiger partial charge in [0.25, 0.3) is 5.91 Å². The van der Waals surface area contributed by atoms with Gasteiger partial charge in [-0.05, 0) is 36.4 Å². The molecule has 0 saturated carbocycles. The Bertz CT molecular complexity index is 1220. The van der Waals surface area contributed by atoms with Gasteiger partial charge in [-0.25, -0.2) is 14.2 Å². The molecule has 1 heterocycles. The number of aliphatic carboxylic acids is 1. The molecule has 0 aliphatic rings. The number of nitrogens with zero attached hydrogens (tertiary/aromatic N) is 1. The predicted molar refractivity (Wildman–Crippen MR) is 107 cm³/mol. The number of carbonyl (C=O) groups is 2. The number of para-hydroxylation sites is 2. The number of carbonyl (C=O) groups excluding carboxylic acids is 1. The molecule has 0 aliphatic carbocycles. The number of nitrogens with one attached hydrogen (secondary N) is 1. The Morgan fingerprint density at radius 3 is 2.60 bits per heavy atom. The molecule has 7 nitrogen and oxygen atoms in total. The smallest absolute Gasteiger partial charge is 0.341 e. The fraction of sp³-hybridized carbons (Fsp3) is 0.0455. The number of halogens is 1. The van der Waals surface area contributed by atoms with Crippen molar-refractivity contribution in [2.45, 2.75) is 0 Å². The van der Waals surface area contributed by atoms with Gasteiger partial charge < -0.3 is 19.6 Å². The maximum Gasteiger partial charge on any atom is 0.341 e. The van der Waals surface area contributed by atoms with E-state index in [-0.39, 0.29) is 17.2 Å². The van der Waals surface area contributed by atoms with Gasteiger partial charge in [-0.3, -0.25) is 4.79 Å². The highest BCUT2D eigenvalue weighted by molar-refractivity contribution is 6.04. The Morgan fingerprint density at radius 1 is 1.07 bits per heavy atom. The fourth-order valence-corrected chi connectivity index (χ4v) is 2.87. The number of anilines is 1. The summed E-state index contributed by atoms with van der Waals surface area (Å²) in [5.74, 6) is -2.08. The topological polar surface area (TPSA) is 102 Å².